The third kappa shape index (κ3) is 3.41. The first-order valence-corrected chi connectivity index (χ1v) is 8.91. The van der Waals surface area contributed by atoms with Crippen LogP contribution in [0.2, 0.25) is 10.0 Å². The molecule has 3 heteroatoms. The van der Waals surface area contributed by atoms with Crippen molar-refractivity contribution in [2.75, 3.05) is 0 Å². The molecule has 1 atom stereocenters. The summed E-state index contributed by atoms with van der Waals surface area (Å²) >= 11 is 12.2. The van der Waals surface area contributed by atoms with Crippen molar-refractivity contribution in [2.45, 2.75) is 39.0 Å². The Morgan fingerprint density at radius 3 is 2.39 bits per heavy atom. The van der Waals surface area contributed by atoms with Gasteiger partial charge in [0.1, 0.15) is 0 Å². The number of halogens is 2. The Kier molecular flexibility index (Phi) is 4.99. The van der Waals surface area contributed by atoms with Gasteiger partial charge in [-0.25, -0.2) is 0 Å². The molecule has 1 nitrogen and oxygen atoms in total. The fraction of sp³-hybridized carbons (Fsp3) is 0.300. The third-order valence-electron chi connectivity index (χ3n) is 4.48. The summed E-state index contributed by atoms with van der Waals surface area (Å²) in [7, 11) is 0. The molecule has 0 radical (unpaired) electrons. The number of H-pyrrole nitrogens is 1. The highest BCUT2D eigenvalue weighted by Crippen LogP contribution is 2.34. The predicted octanol–water partition coefficient (Wildman–Crippen LogP) is 6.97. The van der Waals surface area contributed by atoms with Crippen molar-refractivity contribution >= 4 is 34.1 Å². The van der Waals surface area contributed by atoms with E-state index in [9.17, 15) is 0 Å². The number of aryl methyl sites for hydroxylation is 1. The highest BCUT2D eigenvalue weighted by molar-refractivity contribution is 6.31. The van der Waals surface area contributed by atoms with Gasteiger partial charge in [0.25, 0.3) is 0 Å². The van der Waals surface area contributed by atoms with Gasteiger partial charge in [0.15, 0.2) is 0 Å². The fourth-order valence-electron chi connectivity index (χ4n) is 3.15. The quantitative estimate of drug-likeness (QED) is 0.513. The van der Waals surface area contributed by atoms with Crippen molar-refractivity contribution < 1.29 is 0 Å². The first-order chi connectivity index (χ1) is 11.1. The maximum absolute atomic E-state index is 6.22. The van der Waals surface area contributed by atoms with Crippen LogP contribution in [0.25, 0.3) is 10.9 Å². The number of aromatic amines is 1. The highest BCUT2D eigenvalue weighted by atomic mass is 35.5. The molecule has 0 amide bonds. The number of hydrogen-bond acceptors (Lipinski definition) is 0. The lowest BCUT2D eigenvalue weighted by atomic mass is 9.92. The number of fused-ring (bicyclic) bond motifs is 1. The van der Waals surface area contributed by atoms with Crippen LogP contribution < -0.4 is 0 Å². The summed E-state index contributed by atoms with van der Waals surface area (Å²) in [5.41, 5.74) is 5.12. The summed E-state index contributed by atoms with van der Waals surface area (Å²) in [5.74, 6) is 0.297. The summed E-state index contributed by atoms with van der Waals surface area (Å²) in [6.45, 7) is 4.47. The van der Waals surface area contributed by atoms with Gasteiger partial charge >= 0.3 is 0 Å². The minimum atomic E-state index is 0.297. The van der Waals surface area contributed by atoms with Crippen LogP contribution in [0.5, 0.6) is 0 Å². The van der Waals surface area contributed by atoms with Crippen LogP contribution in [0.15, 0.2) is 42.5 Å². The Morgan fingerprint density at radius 1 is 1.00 bits per heavy atom. The number of nitrogens with one attached hydrogen (secondary N) is 1. The summed E-state index contributed by atoms with van der Waals surface area (Å²) in [6, 6.07) is 14.2. The van der Waals surface area contributed by atoms with Crippen LogP contribution in [0.3, 0.4) is 0 Å². The van der Waals surface area contributed by atoms with Crippen LogP contribution in [0.4, 0.5) is 0 Å². The van der Waals surface area contributed by atoms with E-state index < -0.39 is 0 Å². The van der Waals surface area contributed by atoms with Crippen LogP contribution >= 0.6 is 23.2 Å². The maximum atomic E-state index is 6.22. The van der Waals surface area contributed by atoms with Crippen LogP contribution in [-0.2, 0) is 6.42 Å². The lowest BCUT2D eigenvalue weighted by molar-refractivity contribution is 0.775. The smallest absolute Gasteiger partial charge is 0.0460 e. The molecule has 3 rings (SSSR count). The Balaban J connectivity index is 2.09. The zero-order chi connectivity index (χ0) is 16.4. The van der Waals surface area contributed by atoms with E-state index in [4.69, 9.17) is 23.2 Å². The molecule has 0 aliphatic rings. The second-order valence-corrected chi connectivity index (χ2v) is 6.96. The molecule has 120 valence electrons. The number of benzene rings is 2. The van der Waals surface area contributed by atoms with Crippen molar-refractivity contribution in [3.05, 3.63) is 69.3 Å². The Bertz CT molecular complexity index is 802. The van der Waals surface area contributed by atoms with E-state index in [0.29, 0.717) is 5.92 Å². The monoisotopic (exact) mass is 345 g/mol. The number of hydrogen-bond donors (Lipinski definition) is 1. The number of rotatable bonds is 5. The van der Waals surface area contributed by atoms with E-state index in [2.05, 4.69) is 43.1 Å². The van der Waals surface area contributed by atoms with Crippen molar-refractivity contribution in [3.63, 3.8) is 0 Å². The molecule has 0 aliphatic carbocycles. The molecule has 1 aromatic heterocycles. The molecule has 0 aliphatic heterocycles. The molecule has 1 heterocycles. The van der Waals surface area contributed by atoms with Gasteiger partial charge in [0.05, 0.1) is 0 Å². The van der Waals surface area contributed by atoms with Crippen molar-refractivity contribution in [2.24, 2.45) is 0 Å². The van der Waals surface area contributed by atoms with Gasteiger partial charge < -0.3 is 4.98 Å². The molecule has 1 unspecified atom stereocenters. The molecule has 23 heavy (non-hydrogen) atoms. The maximum Gasteiger partial charge on any atom is 0.0460 e. The molecule has 3 aromatic rings. The second-order valence-electron chi connectivity index (χ2n) is 6.08. The van der Waals surface area contributed by atoms with Gasteiger partial charge in [-0.1, -0.05) is 55.6 Å². The fourth-order valence-corrected chi connectivity index (χ4v) is 3.45. The van der Waals surface area contributed by atoms with Gasteiger partial charge in [-0.05, 0) is 54.3 Å². The normalized spacial score (nSPS) is 12.7. The van der Waals surface area contributed by atoms with Gasteiger partial charge in [-0.3, -0.25) is 0 Å². The van der Waals surface area contributed by atoms with Crippen molar-refractivity contribution in [3.8, 4) is 0 Å². The predicted molar refractivity (Wildman–Crippen MR) is 101 cm³/mol. The molecule has 0 saturated carbocycles. The average molecular weight is 346 g/mol. The third-order valence-corrected chi connectivity index (χ3v) is 4.97. The topological polar surface area (TPSA) is 15.8 Å². The molecule has 0 fully saturated rings. The number of aromatic nitrogens is 1. The van der Waals surface area contributed by atoms with Crippen LogP contribution in [-0.4, -0.2) is 4.98 Å². The van der Waals surface area contributed by atoms with E-state index in [-0.39, 0.29) is 0 Å². The molecule has 0 bridgehead atoms. The standard InChI is InChI=1S/C20H21Cl2N/c1-3-4-5-17-18-12-16(22)10-11-19(18)23-20(17)13(2)14-6-8-15(21)9-7-14/h6-13,23H,3-5H2,1-2H3. The molecule has 1 N–H and O–H groups in total. The molecule has 0 spiro atoms. The highest BCUT2D eigenvalue weighted by Gasteiger charge is 2.18. The largest absolute Gasteiger partial charge is 0.358 e. The average Bonchev–Trinajstić information content (AvgIpc) is 2.90. The Labute approximate surface area is 147 Å². The summed E-state index contributed by atoms with van der Waals surface area (Å²) in [5, 5.41) is 2.82. The zero-order valence-corrected chi connectivity index (χ0v) is 15.0. The van der Waals surface area contributed by atoms with Gasteiger partial charge in [-0.2, -0.15) is 0 Å². The van der Waals surface area contributed by atoms with E-state index in [1.54, 1.807) is 0 Å². The van der Waals surface area contributed by atoms with E-state index in [1.165, 1.54) is 35.0 Å². The first-order valence-electron chi connectivity index (χ1n) is 8.15. The lowest BCUT2D eigenvalue weighted by Crippen LogP contribution is -2.00. The van der Waals surface area contributed by atoms with Crippen LogP contribution in [0.1, 0.15) is 49.4 Å². The summed E-state index contributed by atoms with van der Waals surface area (Å²) in [6.07, 6.45) is 3.44. The zero-order valence-electron chi connectivity index (χ0n) is 13.5. The Morgan fingerprint density at radius 2 is 1.70 bits per heavy atom. The van der Waals surface area contributed by atoms with Crippen molar-refractivity contribution in [1.82, 2.24) is 4.98 Å². The summed E-state index contributed by atoms with van der Waals surface area (Å²) in [4.78, 5) is 3.62. The minimum absolute atomic E-state index is 0.297. The molecular formula is C20H21Cl2N. The van der Waals surface area contributed by atoms with E-state index >= 15 is 0 Å². The van der Waals surface area contributed by atoms with Gasteiger partial charge in [-0.15, -0.1) is 0 Å². The molecule has 2 aromatic carbocycles. The van der Waals surface area contributed by atoms with Crippen LogP contribution in [0, 0.1) is 0 Å². The SMILES string of the molecule is CCCCc1c(C(C)c2ccc(Cl)cc2)[nH]c2ccc(Cl)cc12. The van der Waals surface area contributed by atoms with E-state index in [1.807, 2.05) is 18.2 Å². The molecular weight excluding hydrogens is 325 g/mol. The first kappa shape index (κ1) is 16.4. The van der Waals surface area contributed by atoms with Gasteiger partial charge in [0, 0.05) is 32.6 Å². The number of unbranched alkanes of at least 4 members (excludes halogenated alkanes) is 1. The second kappa shape index (κ2) is 6.98. The van der Waals surface area contributed by atoms with Gasteiger partial charge in [0.2, 0.25) is 0 Å². The van der Waals surface area contributed by atoms with Crippen molar-refractivity contribution in [1.29, 1.82) is 0 Å². The molecule has 0 saturated heterocycles. The lowest BCUT2D eigenvalue weighted by Gasteiger charge is -2.14. The van der Waals surface area contributed by atoms with E-state index in [0.717, 1.165) is 22.0 Å². The Hall–Kier alpha value is -1.44. The summed E-state index contributed by atoms with van der Waals surface area (Å²) < 4.78 is 0. The minimum Gasteiger partial charge on any atom is -0.358 e.